The zero-order valence-electron chi connectivity index (χ0n) is 49.0. The number of carbonyl (C=O) groups is 2. The number of hydrogen-bond acceptors (Lipinski definition) is 22. The lowest BCUT2D eigenvalue weighted by atomic mass is 9.77. The van der Waals surface area contributed by atoms with E-state index in [1.165, 1.54) is 28.4 Å². The van der Waals surface area contributed by atoms with Crippen molar-refractivity contribution in [2.75, 3.05) is 48.7 Å². The van der Waals surface area contributed by atoms with Crippen molar-refractivity contribution in [3.8, 4) is 29.1 Å². The van der Waals surface area contributed by atoms with E-state index in [0.29, 0.717) is 52.6 Å². The quantitative estimate of drug-likeness (QED) is 0.0531. The van der Waals surface area contributed by atoms with E-state index in [4.69, 9.17) is 61.7 Å². The second-order valence-electron chi connectivity index (χ2n) is 22.3. The van der Waals surface area contributed by atoms with Crippen molar-refractivity contribution in [3.63, 3.8) is 0 Å². The number of aliphatic hydroxyl groups excluding tert-OH is 4. The van der Waals surface area contributed by atoms with E-state index in [2.05, 4.69) is 54.8 Å². The van der Waals surface area contributed by atoms with Gasteiger partial charge in [0.1, 0.15) is 36.6 Å². The molecule has 4 aliphatic heterocycles. The first-order valence-electron chi connectivity index (χ1n) is 27.8. The summed E-state index contributed by atoms with van der Waals surface area (Å²) in [4.78, 5) is 33.6. The summed E-state index contributed by atoms with van der Waals surface area (Å²) in [6.07, 6.45) is -4.25. The highest BCUT2D eigenvalue weighted by atomic mass is 127. The van der Waals surface area contributed by atoms with Gasteiger partial charge >= 0.3 is 6.09 Å². The zero-order chi connectivity index (χ0) is 59.7. The van der Waals surface area contributed by atoms with Gasteiger partial charge in [-0.1, -0.05) is 75.6 Å². The van der Waals surface area contributed by atoms with Crippen LogP contribution in [0.2, 0.25) is 0 Å². The number of allylic oxidation sites excluding steroid dienone is 5. The van der Waals surface area contributed by atoms with E-state index >= 15 is 0 Å². The van der Waals surface area contributed by atoms with Crippen molar-refractivity contribution in [1.29, 1.82) is 0 Å². The largest absolute Gasteiger partial charge is 0.492 e. The molecule has 0 radical (unpaired) electrons. The Balaban J connectivity index is 1.10. The monoisotopic (exact) mass is 1290 g/mol. The van der Waals surface area contributed by atoms with Gasteiger partial charge in [0, 0.05) is 44.2 Å². The molecule has 1 aromatic rings. The summed E-state index contributed by atoms with van der Waals surface area (Å²) in [6.45, 7) is 16.2. The van der Waals surface area contributed by atoms with E-state index in [1.807, 2.05) is 47.7 Å². The molecule has 458 valence electrons. The molecule has 19 atom stereocenters. The Labute approximate surface area is 499 Å². The lowest BCUT2D eigenvalue weighted by molar-refractivity contribution is -0.336. The Hall–Kier alpha value is -3.44. The Morgan fingerprint density at radius 3 is 2.26 bits per heavy atom. The van der Waals surface area contributed by atoms with Gasteiger partial charge in [0.2, 0.25) is 17.2 Å². The van der Waals surface area contributed by atoms with Gasteiger partial charge in [-0.15, -0.1) is 0 Å². The molecule has 1 unspecified atom stereocenters. The van der Waals surface area contributed by atoms with Crippen LogP contribution in [0.25, 0.3) is 0 Å². The van der Waals surface area contributed by atoms with E-state index in [9.17, 15) is 30.0 Å². The number of amides is 1. The lowest BCUT2D eigenvalue weighted by Gasteiger charge is -2.47. The first kappa shape index (κ1) is 66.1. The fourth-order valence-electron chi connectivity index (χ4n) is 10.9. The Morgan fingerprint density at radius 1 is 0.866 bits per heavy atom. The number of methoxy groups -OCH3 is 5. The Kier molecular flexibility index (Phi) is 24.0. The molecule has 82 heavy (non-hydrogen) atoms. The molecule has 0 aromatic heterocycles. The number of hydroxylamine groups is 1. The topological polar surface area (TPSA) is 271 Å². The molecule has 24 heteroatoms. The molecule has 1 aromatic carbocycles. The minimum atomic E-state index is -1.38. The van der Waals surface area contributed by atoms with E-state index in [-0.39, 0.29) is 59.3 Å². The third kappa shape index (κ3) is 15.6. The van der Waals surface area contributed by atoms with Gasteiger partial charge in [-0.3, -0.25) is 14.9 Å². The van der Waals surface area contributed by atoms with Crippen LogP contribution in [0.15, 0.2) is 47.2 Å². The minimum Gasteiger partial charge on any atom is -0.492 e. The van der Waals surface area contributed by atoms with Crippen LogP contribution in [0.5, 0.6) is 17.2 Å². The van der Waals surface area contributed by atoms with Crippen molar-refractivity contribution in [2.24, 2.45) is 11.3 Å². The summed E-state index contributed by atoms with van der Waals surface area (Å²) < 4.78 is 73.5. The van der Waals surface area contributed by atoms with Crippen molar-refractivity contribution in [1.82, 2.24) is 16.1 Å². The van der Waals surface area contributed by atoms with Crippen molar-refractivity contribution in [2.45, 2.75) is 197 Å². The summed E-state index contributed by atoms with van der Waals surface area (Å²) >= 11 is 2.89. The van der Waals surface area contributed by atoms with Crippen LogP contribution in [0.3, 0.4) is 0 Å². The molecule has 4 heterocycles. The number of carbonyl (C=O) groups excluding carboxylic acids is 2. The highest BCUT2D eigenvalue weighted by molar-refractivity contribution is 14.1. The Morgan fingerprint density at radius 2 is 1.60 bits per heavy atom. The molecule has 2 bridgehead atoms. The van der Waals surface area contributed by atoms with Crippen LogP contribution >= 0.6 is 34.4 Å². The predicted molar refractivity (Wildman–Crippen MR) is 310 cm³/mol. The molecule has 7 rings (SSSR count). The van der Waals surface area contributed by atoms with Gasteiger partial charge in [0.15, 0.2) is 30.4 Å². The fourth-order valence-corrected chi connectivity index (χ4v) is 12.7. The van der Waals surface area contributed by atoms with Crippen molar-refractivity contribution >= 4 is 45.6 Å². The number of fused-ring (bicyclic) bond motifs is 2. The number of aliphatic hydroxyl groups is 4. The van der Waals surface area contributed by atoms with Crippen LogP contribution in [0.4, 0.5) is 4.79 Å². The predicted octanol–water partition coefficient (Wildman–Crippen LogP) is 5.23. The van der Waals surface area contributed by atoms with E-state index < -0.39 is 109 Å². The minimum absolute atomic E-state index is 0.0548. The van der Waals surface area contributed by atoms with Crippen molar-refractivity contribution < 1.29 is 91.7 Å². The van der Waals surface area contributed by atoms with Crippen LogP contribution < -0.4 is 30.3 Å². The SMILES string of the molecule is CCN[C@H]1CO[C@@H](O[C@H]2[C@H](O[C@H]3/C=C\C=C/C#CC4CCC(NC(=O)OC)=C3/C4=C\CC(C)(C)C)O[C@@H](C)[C@@H](NO[C@H]3C[C@H](O)[C@H](SC(=O)c4c(C)c(I)c(O[C@@H]5O[C@@H](C)[C@H](O)[C@@H](OC)[C@H]5O)c(OC)c4OC)[C@@H](C)O3)[C@@H]2O)C[C@@H]1OC. The smallest absolute Gasteiger partial charge is 0.411 e. The number of likely N-dealkylation sites (N-methyl/N-ethyl adjacent to an activating group) is 1. The molecule has 0 spiro atoms. The molecular weight excluding hydrogens is 1200 g/mol. The normalized spacial score (nSPS) is 36.4. The molecule has 6 aliphatic rings. The number of thioether (sulfide) groups is 1. The third-order valence-corrected chi connectivity index (χ3v) is 18.1. The number of benzene rings is 1. The van der Waals surface area contributed by atoms with Crippen LogP contribution in [-0.2, 0) is 47.5 Å². The lowest BCUT2D eigenvalue weighted by Crippen LogP contribution is -2.65. The second-order valence-corrected chi connectivity index (χ2v) is 24.5. The van der Waals surface area contributed by atoms with Crippen LogP contribution in [0.1, 0.15) is 96.5 Å². The summed E-state index contributed by atoms with van der Waals surface area (Å²) in [7, 11) is 7.07. The summed E-state index contributed by atoms with van der Waals surface area (Å²) in [5.74, 6) is 6.67. The first-order valence-corrected chi connectivity index (χ1v) is 29.8. The van der Waals surface area contributed by atoms with Crippen molar-refractivity contribution in [3.05, 3.63) is 61.9 Å². The molecule has 22 nitrogen and oxygen atoms in total. The molecule has 1 amide bonds. The molecule has 2 aliphatic carbocycles. The first-order chi connectivity index (χ1) is 39.1. The van der Waals surface area contributed by atoms with Gasteiger partial charge in [-0.2, -0.15) is 5.48 Å². The molecular formula is C58H84IN3O19S. The standard InChI is InChI=1S/C58H84IN3O19S/c1-14-60-35-27-74-39(26-38(35)69-9)79-51-46(65)44(29(3)76-56(51)78-37-20-18-16-15-17-19-32-21-22-34(61-57(68)73-13)42(37)33(32)23-24-58(6,7)8)62-81-40-25-36(63)53(31(5)75-40)82-54(67)41-28(2)43(59)49(52(72-12)48(41)70-10)80-55-47(66)50(71-11)45(64)30(4)77-55/h15-16,18,20,23,29-32,35-40,44-47,50-51,53,55-56,60,62-66H,14,21-22,24-27H2,1-13H3,(H,61,68)/b16-15-,20-18-,33-23-/t29-,30-,31+,32?,35-,36-,37-,38-,39-,40-,44+,45-,46-,47+,50+,51+,53+,55-,56-/m0/s1. The van der Waals surface area contributed by atoms with Gasteiger partial charge in [0.25, 0.3) is 0 Å². The number of alkyl carbamates (subject to hydrolysis) is 1. The number of rotatable bonds is 19. The summed E-state index contributed by atoms with van der Waals surface area (Å²) in [5.41, 5.74) is 5.73. The van der Waals surface area contributed by atoms with Gasteiger partial charge < -0.3 is 82.6 Å². The van der Waals surface area contributed by atoms with E-state index in [0.717, 1.165) is 17.3 Å². The Bertz CT molecular complexity index is 2540. The molecule has 7 N–H and O–H groups in total. The maximum absolute atomic E-state index is 14.4. The second kappa shape index (κ2) is 29.8. The fraction of sp³-hybridized carbons (Fsp3) is 0.690. The van der Waals surface area contributed by atoms with Gasteiger partial charge in [-0.05, 0) is 98.7 Å². The number of hydrogen-bond donors (Lipinski definition) is 7. The maximum atomic E-state index is 14.4. The van der Waals surface area contributed by atoms with Gasteiger partial charge in [-0.25, -0.2) is 4.79 Å². The van der Waals surface area contributed by atoms with Gasteiger partial charge in [0.05, 0.1) is 84.9 Å². The van der Waals surface area contributed by atoms with Crippen LogP contribution in [-0.4, -0.2) is 190 Å². The summed E-state index contributed by atoms with van der Waals surface area (Å²) in [5, 5.41) is 51.1. The third-order valence-electron chi connectivity index (χ3n) is 15.4. The number of nitrogens with one attached hydrogen (secondary N) is 3. The average molecular weight is 1290 g/mol. The molecule has 4 fully saturated rings. The maximum Gasteiger partial charge on any atom is 0.411 e. The average Bonchev–Trinajstić information content (AvgIpc) is 3.12. The highest BCUT2D eigenvalue weighted by Gasteiger charge is 2.50. The number of halogens is 1. The van der Waals surface area contributed by atoms with Crippen LogP contribution in [0, 0.1) is 33.7 Å². The van der Waals surface area contributed by atoms with E-state index in [1.54, 1.807) is 40.9 Å². The molecule has 4 saturated heterocycles. The summed E-state index contributed by atoms with van der Waals surface area (Å²) in [6, 6.07) is -1.07. The zero-order valence-corrected chi connectivity index (χ0v) is 52.0. The number of ether oxygens (including phenoxy) is 12. The highest BCUT2D eigenvalue weighted by Crippen LogP contribution is 2.49. The molecule has 0 saturated carbocycles.